The summed E-state index contributed by atoms with van der Waals surface area (Å²) in [6.45, 7) is 2.60. The highest BCUT2D eigenvalue weighted by Crippen LogP contribution is 2.20. The summed E-state index contributed by atoms with van der Waals surface area (Å²) >= 11 is 3.32. The molecule has 3 N–H and O–H groups in total. The molecule has 5 nitrogen and oxygen atoms in total. The molecular weight excluding hydrogens is 334 g/mol. The Morgan fingerprint density at radius 1 is 1.33 bits per heavy atom. The van der Waals surface area contributed by atoms with Gasteiger partial charge in [-0.15, -0.1) is 0 Å². The normalized spacial score (nSPS) is 10.4. The largest absolute Gasteiger partial charge is 0.399 e. The van der Waals surface area contributed by atoms with Crippen molar-refractivity contribution >= 4 is 33.2 Å². The number of carbonyl (C=O) groups is 1. The first-order valence-corrected chi connectivity index (χ1v) is 7.37. The highest BCUT2D eigenvalue weighted by Gasteiger charge is 2.11. The number of anilines is 2. The number of pyridine rings is 1. The summed E-state index contributed by atoms with van der Waals surface area (Å²) in [6, 6.07) is 8.07. The average molecular weight is 350 g/mol. The Morgan fingerprint density at radius 2 is 2.10 bits per heavy atom. The molecule has 0 spiro atoms. The Hall–Kier alpha value is -2.08. The van der Waals surface area contributed by atoms with E-state index in [1.807, 2.05) is 6.92 Å². The highest BCUT2D eigenvalue weighted by atomic mass is 79.9. The van der Waals surface area contributed by atoms with Crippen molar-refractivity contribution in [3.63, 3.8) is 0 Å². The zero-order valence-electron chi connectivity index (χ0n) is 11.6. The lowest BCUT2D eigenvalue weighted by atomic mass is 10.2. The number of carbonyl (C=O) groups excluding carboxylic acids is 1. The fourth-order valence-electron chi connectivity index (χ4n) is 1.94. The first-order chi connectivity index (χ1) is 10.0. The Bertz CT molecular complexity index is 725. The molecule has 1 amide bonds. The summed E-state index contributed by atoms with van der Waals surface area (Å²) in [5.41, 5.74) is 7.14. The number of hydrogen-bond acceptors (Lipinski definition) is 3. The van der Waals surface area contributed by atoms with Gasteiger partial charge in [-0.2, -0.15) is 0 Å². The second kappa shape index (κ2) is 6.58. The van der Waals surface area contributed by atoms with Gasteiger partial charge in [0.05, 0.1) is 11.3 Å². The molecule has 1 aromatic heterocycles. The molecule has 110 valence electrons. The first-order valence-electron chi connectivity index (χ1n) is 6.58. The number of amides is 1. The molecule has 21 heavy (non-hydrogen) atoms. The van der Waals surface area contributed by atoms with Crippen LogP contribution in [0, 0.1) is 0 Å². The molecule has 0 unspecified atom stereocenters. The third-order valence-corrected chi connectivity index (χ3v) is 3.63. The molecule has 1 aromatic carbocycles. The van der Waals surface area contributed by atoms with Gasteiger partial charge in [-0.25, -0.2) is 0 Å². The molecule has 2 rings (SSSR count). The smallest absolute Gasteiger partial charge is 0.256 e. The van der Waals surface area contributed by atoms with Crippen LogP contribution in [0.2, 0.25) is 0 Å². The van der Waals surface area contributed by atoms with E-state index in [1.54, 1.807) is 35.0 Å². The van der Waals surface area contributed by atoms with Crippen LogP contribution in [-0.2, 0) is 6.54 Å². The maximum Gasteiger partial charge on any atom is 0.256 e. The lowest BCUT2D eigenvalue weighted by Crippen LogP contribution is -2.20. The zero-order chi connectivity index (χ0) is 15.4. The minimum absolute atomic E-state index is 0.0833. The molecule has 2 aromatic rings. The van der Waals surface area contributed by atoms with E-state index < -0.39 is 0 Å². The molecule has 0 aliphatic heterocycles. The molecule has 0 aliphatic rings. The Labute approximate surface area is 130 Å². The molecule has 0 bridgehead atoms. The predicted octanol–water partition coefficient (Wildman–Crippen LogP) is 2.86. The predicted molar refractivity (Wildman–Crippen MR) is 87.5 cm³/mol. The fraction of sp³-hybridized carbons (Fsp3) is 0.200. The lowest BCUT2D eigenvalue weighted by Gasteiger charge is -2.10. The van der Waals surface area contributed by atoms with Gasteiger partial charge in [-0.1, -0.05) is 6.92 Å². The van der Waals surface area contributed by atoms with Gasteiger partial charge in [-0.05, 0) is 46.6 Å². The number of nitrogen functional groups attached to an aromatic ring is 1. The highest BCUT2D eigenvalue weighted by molar-refractivity contribution is 9.10. The van der Waals surface area contributed by atoms with E-state index in [-0.39, 0.29) is 11.5 Å². The molecule has 6 heteroatoms. The summed E-state index contributed by atoms with van der Waals surface area (Å²) < 4.78 is 2.24. The van der Waals surface area contributed by atoms with Crippen LogP contribution in [0.3, 0.4) is 0 Å². The van der Waals surface area contributed by atoms with E-state index in [0.717, 1.165) is 6.42 Å². The van der Waals surface area contributed by atoms with Gasteiger partial charge in [0.1, 0.15) is 0 Å². The number of aryl methyl sites for hydroxylation is 1. The Balaban J connectivity index is 2.25. The minimum Gasteiger partial charge on any atom is -0.399 e. The van der Waals surface area contributed by atoms with Crippen molar-refractivity contribution in [2.75, 3.05) is 11.1 Å². The van der Waals surface area contributed by atoms with Crippen molar-refractivity contribution in [2.45, 2.75) is 19.9 Å². The molecule has 0 radical (unpaired) electrons. The molecule has 1 heterocycles. The number of hydrogen-bond donors (Lipinski definition) is 2. The number of aromatic nitrogens is 1. The van der Waals surface area contributed by atoms with Gasteiger partial charge in [-0.3, -0.25) is 9.59 Å². The van der Waals surface area contributed by atoms with Gasteiger partial charge in [0.25, 0.3) is 11.5 Å². The second-order valence-corrected chi connectivity index (χ2v) is 5.50. The van der Waals surface area contributed by atoms with Gasteiger partial charge < -0.3 is 15.6 Å². The van der Waals surface area contributed by atoms with E-state index in [9.17, 15) is 9.59 Å². The van der Waals surface area contributed by atoms with E-state index in [1.165, 1.54) is 6.07 Å². The van der Waals surface area contributed by atoms with Crippen LogP contribution < -0.4 is 16.6 Å². The van der Waals surface area contributed by atoms with E-state index >= 15 is 0 Å². The number of nitrogens with two attached hydrogens (primary N) is 1. The van der Waals surface area contributed by atoms with Crippen molar-refractivity contribution in [2.24, 2.45) is 0 Å². The van der Waals surface area contributed by atoms with Crippen LogP contribution in [-0.4, -0.2) is 10.5 Å². The molecule has 0 saturated heterocycles. The zero-order valence-corrected chi connectivity index (χ0v) is 13.2. The van der Waals surface area contributed by atoms with Crippen LogP contribution in [0.4, 0.5) is 11.4 Å². The topological polar surface area (TPSA) is 77.1 Å². The van der Waals surface area contributed by atoms with Crippen molar-refractivity contribution in [3.05, 3.63) is 56.9 Å². The maximum atomic E-state index is 12.3. The van der Waals surface area contributed by atoms with E-state index in [0.29, 0.717) is 28.0 Å². The van der Waals surface area contributed by atoms with Crippen molar-refractivity contribution in [1.29, 1.82) is 0 Å². The average Bonchev–Trinajstić information content (AvgIpc) is 2.45. The summed E-state index contributed by atoms with van der Waals surface area (Å²) in [7, 11) is 0. The van der Waals surface area contributed by atoms with Crippen LogP contribution >= 0.6 is 15.9 Å². The third-order valence-electron chi connectivity index (χ3n) is 2.94. The summed E-state index contributed by atoms with van der Waals surface area (Å²) in [6.07, 6.45) is 2.49. The number of nitrogens with zero attached hydrogens (tertiary/aromatic N) is 1. The van der Waals surface area contributed by atoms with Crippen LogP contribution in [0.25, 0.3) is 0 Å². The SMILES string of the molecule is CCCn1cc(NC(=O)c2cc(N)ccc2Br)ccc1=O. The number of nitrogens with one attached hydrogen (secondary N) is 1. The summed E-state index contributed by atoms with van der Waals surface area (Å²) in [5.74, 6) is -0.282. The Kier molecular flexibility index (Phi) is 4.80. The van der Waals surface area contributed by atoms with Gasteiger partial charge >= 0.3 is 0 Å². The monoisotopic (exact) mass is 349 g/mol. The van der Waals surface area contributed by atoms with E-state index in [4.69, 9.17) is 5.73 Å². The van der Waals surface area contributed by atoms with Crippen LogP contribution in [0.15, 0.2) is 45.8 Å². The third kappa shape index (κ3) is 3.72. The van der Waals surface area contributed by atoms with Crippen LogP contribution in [0.1, 0.15) is 23.7 Å². The van der Waals surface area contributed by atoms with Crippen molar-refractivity contribution in [3.8, 4) is 0 Å². The van der Waals surface area contributed by atoms with Gasteiger partial charge in [0.2, 0.25) is 0 Å². The number of halogens is 1. The van der Waals surface area contributed by atoms with Crippen molar-refractivity contribution in [1.82, 2.24) is 4.57 Å². The lowest BCUT2D eigenvalue weighted by molar-refractivity contribution is 0.102. The molecule has 0 saturated carbocycles. The Morgan fingerprint density at radius 3 is 2.81 bits per heavy atom. The number of rotatable bonds is 4. The fourth-order valence-corrected chi connectivity index (χ4v) is 2.36. The summed E-state index contributed by atoms with van der Waals surface area (Å²) in [4.78, 5) is 23.9. The second-order valence-electron chi connectivity index (χ2n) is 4.64. The molecular formula is C15H16BrN3O2. The molecule has 0 atom stereocenters. The standard InChI is InChI=1S/C15H16BrN3O2/c1-2-7-19-9-11(4-6-14(19)20)18-15(21)12-8-10(17)3-5-13(12)16/h3-6,8-9H,2,7,17H2,1H3,(H,18,21). The first kappa shape index (κ1) is 15.3. The van der Waals surface area contributed by atoms with Gasteiger partial charge in [0, 0.05) is 29.0 Å². The number of benzene rings is 1. The quantitative estimate of drug-likeness (QED) is 0.833. The maximum absolute atomic E-state index is 12.3. The van der Waals surface area contributed by atoms with E-state index in [2.05, 4.69) is 21.2 Å². The molecule has 0 fully saturated rings. The minimum atomic E-state index is -0.282. The van der Waals surface area contributed by atoms with Crippen LogP contribution in [0.5, 0.6) is 0 Å². The van der Waals surface area contributed by atoms with Gasteiger partial charge in [0.15, 0.2) is 0 Å². The molecule has 0 aliphatic carbocycles. The summed E-state index contributed by atoms with van der Waals surface area (Å²) in [5, 5.41) is 2.77. The van der Waals surface area contributed by atoms with Crippen molar-refractivity contribution < 1.29 is 4.79 Å².